The van der Waals surface area contributed by atoms with Gasteiger partial charge in [-0.25, -0.2) is 4.98 Å². The van der Waals surface area contributed by atoms with E-state index in [0.29, 0.717) is 11.4 Å². The van der Waals surface area contributed by atoms with Crippen LogP contribution in [0, 0.1) is 0 Å². The fourth-order valence-electron chi connectivity index (χ4n) is 2.53. The summed E-state index contributed by atoms with van der Waals surface area (Å²) in [6, 6.07) is 17.2. The average molecular weight is 371 g/mol. The number of hydrogen-bond donors (Lipinski definition) is 1. The minimum atomic E-state index is -4.47. The molecule has 0 radical (unpaired) electrons. The number of carbonyl (C=O) groups is 1. The van der Waals surface area contributed by atoms with Gasteiger partial charge >= 0.3 is 6.18 Å². The van der Waals surface area contributed by atoms with E-state index in [2.05, 4.69) is 10.3 Å². The molecule has 7 heteroatoms. The standard InChI is InChI=1S/C20H16F3N3O/c1-26(15-7-3-2-4-8-15)19(27)18-12-11-14(13-24-18)25-17-10-6-5-9-16(17)20(21,22)23/h2-13,25H,1H3. The number of hydrogen-bond acceptors (Lipinski definition) is 3. The molecule has 1 N–H and O–H groups in total. The number of alkyl halides is 3. The minimum absolute atomic E-state index is 0.0766. The number of aromatic nitrogens is 1. The summed E-state index contributed by atoms with van der Waals surface area (Å²) in [5.74, 6) is -0.316. The highest BCUT2D eigenvalue weighted by Crippen LogP contribution is 2.35. The maximum absolute atomic E-state index is 13.1. The number of carbonyl (C=O) groups excluding carboxylic acids is 1. The maximum atomic E-state index is 13.1. The topological polar surface area (TPSA) is 45.2 Å². The van der Waals surface area contributed by atoms with Gasteiger partial charge in [0.1, 0.15) is 5.69 Å². The summed E-state index contributed by atoms with van der Waals surface area (Å²) in [6.07, 6.45) is -3.13. The van der Waals surface area contributed by atoms with Crippen LogP contribution >= 0.6 is 0 Å². The van der Waals surface area contributed by atoms with Crippen LogP contribution in [-0.2, 0) is 6.18 Å². The van der Waals surface area contributed by atoms with E-state index in [1.807, 2.05) is 18.2 Å². The first-order chi connectivity index (χ1) is 12.9. The molecule has 0 aliphatic carbocycles. The minimum Gasteiger partial charge on any atom is -0.354 e. The molecular formula is C20H16F3N3O. The molecular weight excluding hydrogens is 355 g/mol. The van der Waals surface area contributed by atoms with Crippen molar-refractivity contribution in [3.63, 3.8) is 0 Å². The molecule has 3 aromatic rings. The Morgan fingerprint density at radius 1 is 0.963 bits per heavy atom. The Kier molecular flexibility index (Phi) is 5.12. The molecule has 1 heterocycles. The third-order valence-corrected chi connectivity index (χ3v) is 3.94. The van der Waals surface area contributed by atoms with E-state index in [-0.39, 0.29) is 17.3 Å². The summed E-state index contributed by atoms with van der Waals surface area (Å²) >= 11 is 0. The van der Waals surface area contributed by atoms with Gasteiger partial charge in [-0.3, -0.25) is 4.79 Å². The van der Waals surface area contributed by atoms with Crippen LogP contribution in [0.5, 0.6) is 0 Å². The number of halogens is 3. The molecule has 2 aromatic carbocycles. The van der Waals surface area contributed by atoms with Crippen molar-refractivity contribution in [1.82, 2.24) is 4.98 Å². The number of nitrogens with zero attached hydrogens (tertiary/aromatic N) is 2. The van der Waals surface area contributed by atoms with Crippen LogP contribution in [0.15, 0.2) is 72.9 Å². The van der Waals surface area contributed by atoms with Gasteiger partial charge in [0.25, 0.3) is 5.91 Å². The number of benzene rings is 2. The van der Waals surface area contributed by atoms with Crippen LogP contribution < -0.4 is 10.2 Å². The van der Waals surface area contributed by atoms with Crippen molar-refractivity contribution >= 4 is 23.0 Å². The Morgan fingerprint density at radius 2 is 1.63 bits per heavy atom. The Labute approximate surface area is 154 Å². The lowest BCUT2D eigenvalue weighted by molar-refractivity contribution is -0.136. The first-order valence-electron chi connectivity index (χ1n) is 8.08. The number of amides is 1. The third kappa shape index (κ3) is 4.25. The van der Waals surface area contributed by atoms with Gasteiger partial charge in [0.2, 0.25) is 0 Å². The van der Waals surface area contributed by atoms with Crippen LogP contribution in [0.1, 0.15) is 16.1 Å². The van der Waals surface area contributed by atoms with Crippen molar-refractivity contribution in [2.75, 3.05) is 17.3 Å². The summed E-state index contributed by atoms with van der Waals surface area (Å²) < 4.78 is 39.2. The van der Waals surface area contributed by atoms with Crippen molar-refractivity contribution in [1.29, 1.82) is 0 Å². The lowest BCUT2D eigenvalue weighted by atomic mass is 10.1. The zero-order chi connectivity index (χ0) is 19.4. The van der Waals surface area contributed by atoms with Gasteiger partial charge in [0.15, 0.2) is 0 Å². The number of pyridine rings is 1. The maximum Gasteiger partial charge on any atom is 0.418 e. The van der Waals surface area contributed by atoms with Crippen molar-refractivity contribution < 1.29 is 18.0 Å². The molecule has 3 rings (SSSR count). The molecule has 0 unspecified atom stereocenters. The molecule has 138 valence electrons. The fourth-order valence-corrected chi connectivity index (χ4v) is 2.53. The van der Waals surface area contributed by atoms with Crippen LogP contribution in [0.2, 0.25) is 0 Å². The highest BCUT2D eigenvalue weighted by molar-refractivity contribution is 6.04. The van der Waals surface area contributed by atoms with Crippen molar-refractivity contribution in [2.24, 2.45) is 0 Å². The van der Waals surface area contributed by atoms with Crippen molar-refractivity contribution in [3.8, 4) is 0 Å². The second-order valence-corrected chi connectivity index (χ2v) is 5.80. The van der Waals surface area contributed by atoms with Gasteiger partial charge in [0.05, 0.1) is 23.1 Å². The molecule has 0 aliphatic heterocycles. The van der Waals surface area contributed by atoms with Crippen LogP contribution in [0.4, 0.5) is 30.2 Å². The molecule has 0 saturated heterocycles. The van der Waals surface area contributed by atoms with E-state index in [1.54, 1.807) is 19.2 Å². The zero-order valence-electron chi connectivity index (χ0n) is 14.4. The highest BCUT2D eigenvalue weighted by atomic mass is 19.4. The van der Waals surface area contributed by atoms with Gasteiger partial charge in [-0.1, -0.05) is 30.3 Å². The van der Waals surface area contributed by atoms with E-state index in [4.69, 9.17) is 0 Å². The molecule has 27 heavy (non-hydrogen) atoms. The Balaban J connectivity index is 1.78. The molecule has 0 aliphatic rings. The fraction of sp³-hybridized carbons (Fsp3) is 0.100. The van der Waals surface area contributed by atoms with Gasteiger partial charge in [-0.05, 0) is 36.4 Å². The van der Waals surface area contributed by atoms with Crippen LogP contribution in [0.3, 0.4) is 0 Å². The van der Waals surface area contributed by atoms with Gasteiger partial charge in [0, 0.05) is 12.7 Å². The summed E-state index contributed by atoms with van der Waals surface area (Å²) in [5, 5.41) is 2.70. The quantitative estimate of drug-likeness (QED) is 0.692. The normalized spacial score (nSPS) is 11.1. The van der Waals surface area contributed by atoms with Gasteiger partial charge < -0.3 is 10.2 Å². The first-order valence-corrected chi connectivity index (χ1v) is 8.08. The molecule has 1 amide bonds. The number of nitrogens with one attached hydrogen (secondary N) is 1. The molecule has 0 fully saturated rings. The lowest BCUT2D eigenvalue weighted by Gasteiger charge is -2.17. The van der Waals surface area contributed by atoms with E-state index in [9.17, 15) is 18.0 Å². The molecule has 0 atom stereocenters. The van der Waals surface area contributed by atoms with E-state index < -0.39 is 11.7 Å². The summed E-state index contributed by atoms with van der Waals surface area (Å²) in [7, 11) is 1.63. The summed E-state index contributed by atoms with van der Waals surface area (Å²) in [6.45, 7) is 0. The number of rotatable bonds is 4. The Hall–Kier alpha value is -3.35. The van der Waals surface area contributed by atoms with E-state index in [0.717, 1.165) is 6.07 Å². The molecule has 4 nitrogen and oxygen atoms in total. The first kappa shape index (κ1) is 18.4. The van der Waals surface area contributed by atoms with Crippen LogP contribution in [0.25, 0.3) is 0 Å². The molecule has 1 aromatic heterocycles. The highest BCUT2D eigenvalue weighted by Gasteiger charge is 2.33. The van der Waals surface area contributed by atoms with Crippen LogP contribution in [-0.4, -0.2) is 17.9 Å². The lowest BCUT2D eigenvalue weighted by Crippen LogP contribution is -2.26. The number of anilines is 3. The Morgan fingerprint density at radius 3 is 2.26 bits per heavy atom. The van der Waals surface area contributed by atoms with Crippen molar-refractivity contribution in [2.45, 2.75) is 6.18 Å². The van der Waals surface area contributed by atoms with Crippen molar-refractivity contribution in [3.05, 3.63) is 84.2 Å². The molecule has 0 bridgehead atoms. The van der Waals surface area contributed by atoms with Gasteiger partial charge in [-0.2, -0.15) is 13.2 Å². The monoisotopic (exact) mass is 371 g/mol. The summed E-state index contributed by atoms with van der Waals surface area (Å²) in [5.41, 5.74) is 0.411. The average Bonchev–Trinajstić information content (AvgIpc) is 2.68. The second-order valence-electron chi connectivity index (χ2n) is 5.80. The smallest absolute Gasteiger partial charge is 0.354 e. The van der Waals surface area contributed by atoms with E-state index in [1.165, 1.54) is 41.4 Å². The predicted molar refractivity (Wildman–Crippen MR) is 98.1 cm³/mol. The zero-order valence-corrected chi connectivity index (χ0v) is 14.4. The Bertz CT molecular complexity index is 925. The molecule has 0 spiro atoms. The third-order valence-electron chi connectivity index (χ3n) is 3.94. The summed E-state index contributed by atoms with van der Waals surface area (Å²) in [4.78, 5) is 18.0. The SMILES string of the molecule is CN(C(=O)c1ccc(Nc2ccccc2C(F)(F)F)cn1)c1ccccc1. The molecule has 0 saturated carbocycles. The number of para-hydroxylation sites is 2. The predicted octanol–water partition coefficient (Wildman–Crippen LogP) is 5.12. The largest absolute Gasteiger partial charge is 0.418 e. The van der Waals surface area contributed by atoms with Gasteiger partial charge in [-0.15, -0.1) is 0 Å². The van der Waals surface area contributed by atoms with E-state index >= 15 is 0 Å². The second kappa shape index (κ2) is 7.49.